The number of anilines is 3. The lowest BCUT2D eigenvalue weighted by atomic mass is 10.2. The van der Waals surface area contributed by atoms with Gasteiger partial charge in [0.1, 0.15) is 18.5 Å². The maximum absolute atomic E-state index is 11.8. The second-order valence-corrected chi connectivity index (χ2v) is 10.6. The van der Waals surface area contributed by atoms with Crippen LogP contribution in [0.25, 0.3) is 0 Å². The fourth-order valence-corrected chi connectivity index (χ4v) is 4.68. The summed E-state index contributed by atoms with van der Waals surface area (Å²) < 4.78 is 38.4. The van der Waals surface area contributed by atoms with Gasteiger partial charge in [0.2, 0.25) is 21.4 Å². The third kappa shape index (κ3) is 9.78. The molecular weight excluding hydrogens is 534 g/mol. The van der Waals surface area contributed by atoms with Crippen molar-refractivity contribution in [2.45, 2.75) is 60.5 Å². The molecule has 1 amide bonds. The molecule has 0 saturated heterocycles. The van der Waals surface area contributed by atoms with Gasteiger partial charge in [-0.1, -0.05) is 5.10 Å². The average Bonchev–Trinajstić information content (AvgIpc) is 3.17. The molecule has 0 saturated carbocycles. The number of amides is 1. The van der Waals surface area contributed by atoms with E-state index in [1.54, 1.807) is 17.9 Å². The molecule has 13 nitrogen and oxygen atoms in total. The van der Waals surface area contributed by atoms with Crippen LogP contribution in [0, 0.1) is 0 Å². The van der Waals surface area contributed by atoms with Gasteiger partial charge in [-0.15, -0.1) is 4.68 Å². The van der Waals surface area contributed by atoms with Crippen molar-refractivity contribution in [3.63, 3.8) is 0 Å². The van der Waals surface area contributed by atoms with Gasteiger partial charge in [0.05, 0.1) is 30.7 Å². The van der Waals surface area contributed by atoms with E-state index in [1.807, 2.05) is 13.1 Å². The van der Waals surface area contributed by atoms with Crippen molar-refractivity contribution in [2.24, 2.45) is 17.3 Å². The summed E-state index contributed by atoms with van der Waals surface area (Å²) in [6.45, 7) is 15.8. The lowest BCUT2D eigenvalue weighted by Gasteiger charge is -2.28. The van der Waals surface area contributed by atoms with Crippen molar-refractivity contribution < 1.29 is 31.4 Å². The molecule has 0 fully saturated rings. The summed E-state index contributed by atoms with van der Waals surface area (Å²) in [7, 11) is -0.123. The van der Waals surface area contributed by atoms with Crippen molar-refractivity contribution in [1.29, 1.82) is 0 Å². The van der Waals surface area contributed by atoms with E-state index >= 15 is 0 Å². The van der Waals surface area contributed by atoms with Crippen molar-refractivity contribution in [2.75, 3.05) is 42.4 Å². The number of hydrogen-bond acceptors (Lipinski definition) is 12. The number of nitrogens with one attached hydrogen (secondary N) is 1. The predicted molar refractivity (Wildman–Crippen MR) is 148 cm³/mol. The number of aromatic nitrogens is 2. The van der Waals surface area contributed by atoms with Gasteiger partial charge in [-0.3, -0.25) is 8.98 Å². The van der Waals surface area contributed by atoms with Crippen molar-refractivity contribution in [1.82, 2.24) is 5.10 Å². The van der Waals surface area contributed by atoms with Crippen LogP contribution in [0.2, 0.25) is 0 Å². The summed E-state index contributed by atoms with van der Waals surface area (Å²) in [5.41, 5.74) is 2.00. The Kier molecular flexibility index (Phi) is 13.0. The molecule has 2 rings (SSSR count). The van der Waals surface area contributed by atoms with Gasteiger partial charge in [0.15, 0.2) is 0 Å². The van der Waals surface area contributed by atoms with Crippen molar-refractivity contribution in [3.8, 4) is 5.75 Å². The monoisotopic (exact) mass is 573 g/mol. The SMILES string of the molecule is CCN(CC)c1cc(NC(C)=O)c(N=Nc2sc(N(C(C)C)C(C)C)n[n+]2C)cc1OC.COS(=O)(=O)[O-]. The van der Waals surface area contributed by atoms with Gasteiger partial charge in [-0.2, -0.15) is 0 Å². The Morgan fingerprint density at radius 1 is 1.16 bits per heavy atom. The second kappa shape index (κ2) is 14.9. The minimum absolute atomic E-state index is 0.174. The molecule has 0 bridgehead atoms. The lowest BCUT2D eigenvalue weighted by Crippen LogP contribution is -2.39. The third-order valence-corrected chi connectivity index (χ3v) is 6.60. The fraction of sp³-hybridized carbons (Fsp3) is 0.609. The first-order valence-electron chi connectivity index (χ1n) is 12.0. The molecule has 1 heterocycles. The molecule has 1 aromatic carbocycles. The Morgan fingerprint density at radius 2 is 1.71 bits per heavy atom. The first-order chi connectivity index (χ1) is 17.7. The molecule has 0 aliphatic heterocycles. The molecule has 0 spiro atoms. The highest BCUT2D eigenvalue weighted by molar-refractivity contribution is 7.80. The van der Waals surface area contributed by atoms with Crippen molar-refractivity contribution >= 4 is 55.0 Å². The van der Waals surface area contributed by atoms with E-state index < -0.39 is 10.4 Å². The van der Waals surface area contributed by atoms with Gasteiger partial charge in [-0.05, 0) is 64.1 Å². The summed E-state index contributed by atoms with van der Waals surface area (Å²) in [4.78, 5) is 16.2. The number of carbonyl (C=O) groups excluding carboxylic acids is 1. The number of aryl methyl sites for hydroxylation is 1. The largest absolute Gasteiger partial charge is 0.726 e. The molecule has 38 heavy (non-hydrogen) atoms. The highest BCUT2D eigenvalue weighted by Gasteiger charge is 2.25. The topological polar surface area (TPSA) is 153 Å². The molecule has 1 N–H and O–H groups in total. The number of nitrogens with zero attached hydrogens (tertiary/aromatic N) is 6. The second-order valence-electron chi connectivity index (χ2n) is 8.56. The average molecular weight is 574 g/mol. The van der Waals surface area contributed by atoms with E-state index in [4.69, 9.17) is 4.74 Å². The highest BCUT2D eigenvalue weighted by Crippen LogP contribution is 2.39. The quantitative estimate of drug-likeness (QED) is 0.182. The lowest BCUT2D eigenvalue weighted by molar-refractivity contribution is -0.712. The van der Waals surface area contributed by atoms with Crippen LogP contribution < -0.4 is 24.5 Å². The van der Waals surface area contributed by atoms with Crippen LogP contribution in [-0.4, -0.2) is 63.4 Å². The first kappa shape index (κ1) is 33.1. The number of ether oxygens (including phenoxy) is 1. The maximum atomic E-state index is 11.8. The zero-order chi connectivity index (χ0) is 29.2. The standard InChI is InChI=1S/C22H35N7O2S.CH4O4S/c1-10-28(11-2)19-12-17(23-16(7)30)18(13-20(19)31-9)24-25-21-27(8)26-22(32-21)29(14(3)4)15(5)6;1-5-6(2,3)4/h12-15H,10-11H2,1-9H3;1H3,(H,2,3,4). The number of benzene rings is 1. The molecule has 0 aliphatic rings. The summed E-state index contributed by atoms with van der Waals surface area (Å²) in [6, 6.07) is 4.32. The van der Waals surface area contributed by atoms with E-state index in [0.717, 1.165) is 31.0 Å². The van der Waals surface area contributed by atoms with Gasteiger partial charge < -0.3 is 24.4 Å². The smallest absolute Gasteiger partial charge is 0.431 e. The summed E-state index contributed by atoms with van der Waals surface area (Å²) in [5, 5.41) is 18.0. The molecule has 2 aromatic rings. The Bertz CT molecular complexity index is 1190. The number of hydrogen-bond donors (Lipinski definition) is 1. The van der Waals surface area contributed by atoms with Gasteiger partial charge >= 0.3 is 5.13 Å². The molecule has 0 aliphatic carbocycles. The number of methoxy groups -OCH3 is 1. The zero-order valence-corrected chi connectivity index (χ0v) is 25.3. The van der Waals surface area contributed by atoms with Crippen LogP contribution in [0.5, 0.6) is 5.75 Å². The first-order valence-corrected chi connectivity index (χ1v) is 14.2. The Morgan fingerprint density at radius 3 is 2.13 bits per heavy atom. The number of azo groups is 1. The minimum atomic E-state index is -4.41. The molecule has 15 heteroatoms. The van der Waals surface area contributed by atoms with Crippen LogP contribution >= 0.6 is 11.3 Å². The van der Waals surface area contributed by atoms with Crippen molar-refractivity contribution in [3.05, 3.63) is 12.1 Å². The van der Waals surface area contributed by atoms with Gasteiger partial charge in [0.25, 0.3) is 0 Å². The van der Waals surface area contributed by atoms with Crippen LogP contribution in [0.15, 0.2) is 22.4 Å². The van der Waals surface area contributed by atoms with Crippen LogP contribution in [0.3, 0.4) is 0 Å². The molecular formula is C23H39N7O6S2. The summed E-state index contributed by atoms with van der Waals surface area (Å²) in [6.07, 6.45) is 0. The number of carbonyl (C=O) groups is 1. The molecule has 0 radical (unpaired) electrons. The Hall–Kier alpha value is -2.88. The Balaban J connectivity index is 0.00000107. The fourth-order valence-electron chi connectivity index (χ4n) is 3.57. The van der Waals surface area contributed by atoms with E-state index in [0.29, 0.717) is 34.3 Å². The van der Waals surface area contributed by atoms with Gasteiger partial charge in [-0.25, -0.2) is 8.42 Å². The van der Waals surface area contributed by atoms with E-state index in [9.17, 15) is 17.8 Å². The molecule has 0 unspecified atom stereocenters. The highest BCUT2D eigenvalue weighted by atomic mass is 32.3. The van der Waals surface area contributed by atoms with E-state index in [-0.39, 0.29) is 5.91 Å². The third-order valence-electron chi connectivity index (χ3n) is 5.19. The summed E-state index contributed by atoms with van der Waals surface area (Å²) >= 11 is 1.48. The minimum Gasteiger partial charge on any atom is -0.726 e. The molecule has 214 valence electrons. The Labute approximate surface area is 229 Å². The van der Waals surface area contributed by atoms with Crippen LogP contribution in [-0.2, 0) is 26.4 Å². The summed E-state index contributed by atoms with van der Waals surface area (Å²) in [5.74, 6) is 0.504. The predicted octanol–water partition coefficient (Wildman–Crippen LogP) is 3.91. The van der Waals surface area contributed by atoms with Crippen LogP contribution in [0.1, 0.15) is 48.5 Å². The molecule has 1 aromatic heterocycles. The molecule has 0 atom stereocenters. The van der Waals surface area contributed by atoms with Gasteiger partial charge in [0, 0.05) is 38.2 Å². The van der Waals surface area contributed by atoms with E-state index in [1.165, 1.54) is 18.3 Å². The maximum Gasteiger partial charge on any atom is 0.431 e. The van der Waals surface area contributed by atoms with E-state index in [2.05, 4.69) is 76.2 Å². The number of rotatable bonds is 11. The van der Waals surface area contributed by atoms with Crippen LogP contribution in [0.4, 0.5) is 27.3 Å². The normalized spacial score (nSPS) is 11.5. The zero-order valence-electron chi connectivity index (χ0n) is 23.7.